The summed E-state index contributed by atoms with van der Waals surface area (Å²) in [4.78, 5) is 23.4. The Bertz CT molecular complexity index is 471. The van der Waals surface area contributed by atoms with E-state index in [0.29, 0.717) is 5.56 Å². The SMILES string of the molecule is CC(OC(=O)c1cccc(I)c1)C(=O)NC1CC1. The number of benzene rings is 1. The van der Waals surface area contributed by atoms with Crippen LogP contribution < -0.4 is 5.32 Å². The van der Waals surface area contributed by atoms with E-state index >= 15 is 0 Å². The molecule has 0 saturated heterocycles. The lowest BCUT2D eigenvalue weighted by Gasteiger charge is -2.13. The van der Waals surface area contributed by atoms with Crippen molar-refractivity contribution in [1.82, 2.24) is 5.32 Å². The summed E-state index contributed by atoms with van der Waals surface area (Å²) in [6, 6.07) is 7.36. The first-order valence-electron chi connectivity index (χ1n) is 5.83. The molecular formula is C13H14INO3. The number of esters is 1. The van der Waals surface area contributed by atoms with Gasteiger partial charge in [0.15, 0.2) is 6.10 Å². The molecule has 0 heterocycles. The maximum Gasteiger partial charge on any atom is 0.338 e. The summed E-state index contributed by atoms with van der Waals surface area (Å²) in [6.07, 6.45) is 1.28. The summed E-state index contributed by atoms with van der Waals surface area (Å²) in [7, 11) is 0. The van der Waals surface area contributed by atoms with E-state index in [1.807, 2.05) is 6.07 Å². The lowest BCUT2D eigenvalue weighted by Crippen LogP contribution is -2.37. The highest BCUT2D eigenvalue weighted by Crippen LogP contribution is 2.19. The van der Waals surface area contributed by atoms with Gasteiger partial charge in [0, 0.05) is 9.61 Å². The quantitative estimate of drug-likeness (QED) is 0.662. The van der Waals surface area contributed by atoms with E-state index in [0.717, 1.165) is 16.4 Å². The second-order valence-corrected chi connectivity index (χ2v) is 5.59. The molecule has 1 aliphatic carbocycles. The number of carbonyl (C=O) groups excluding carboxylic acids is 2. The summed E-state index contributed by atoms with van der Waals surface area (Å²) in [6.45, 7) is 1.59. The first kappa shape index (κ1) is 13.3. The molecule has 0 aliphatic heterocycles. The Morgan fingerprint density at radius 3 is 2.78 bits per heavy atom. The first-order valence-corrected chi connectivity index (χ1v) is 6.91. The Morgan fingerprint density at radius 2 is 2.17 bits per heavy atom. The molecule has 18 heavy (non-hydrogen) atoms. The molecule has 1 aliphatic rings. The number of halogens is 1. The zero-order valence-electron chi connectivity index (χ0n) is 9.98. The van der Waals surface area contributed by atoms with Gasteiger partial charge < -0.3 is 10.1 Å². The van der Waals surface area contributed by atoms with Crippen LogP contribution in [0.2, 0.25) is 0 Å². The zero-order chi connectivity index (χ0) is 13.1. The number of ether oxygens (including phenoxy) is 1. The third-order valence-electron chi connectivity index (χ3n) is 2.64. The topological polar surface area (TPSA) is 55.4 Å². The molecule has 0 spiro atoms. The number of amides is 1. The van der Waals surface area contributed by atoms with Crippen molar-refractivity contribution in [2.45, 2.75) is 31.9 Å². The van der Waals surface area contributed by atoms with Crippen molar-refractivity contribution in [2.75, 3.05) is 0 Å². The van der Waals surface area contributed by atoms with Crippen LogP contribution in [0.1, 0.15) is 30.1 Å². The largest absolute Gasteiger partial charge is 0.449 e. The van der Waals surface area contributed by atoms with Crippen LogP contribution in [0.5, 0.6) is 0 Å². The molecule has 0 aromatic heterocycles. The van der Waals surface area contributed by atoms with Crippen LogP contribution in [-0.4, -0.2) is 24.0 Å². The van der Waals surface area contributed by atoms with Gasteiger partial charge in [0.25, 0.3) is 5.91 Å². The van der Waals surface area contributed by atoms with Crippen LogP contribution in [0.25, 0.3) is 0 Å². The first-order chi connectivity index (χ1) is 8.56. The Labute approximate surface area is 119 Å². The molecule has 1 fully saturated rings. The normalized spacial score (nSPS) is 15.9. The second-order valence-electron chi connectivity index (χ2n) is 4.34. The predicted molar refractivity (Wildman–Crippen MR) is 75.2 cm³/mol. The van der Waals surface area contributed by atoms with Crippen molar-refractivity contribution < 1.29 is 14.3 Å². The number of rotatable bonds is 4. The Hall–Kier alpha value is -1.11. The molecule has 1 atom stereocenters. The molecule has 1 amide bonds. The summed E-state index contributed by atoms with van der Waals surface area (Å²) in [5, 5.41) is 2.80. The molecule has 2 rings (SSSR count). The molecule has 5 heteroatoms. The van der Waals surface area contributed by atoms with Crippen LogP contribution in [-0.2, 0) is 9.53 Å². The Kier molecular flexibility index (Phi) is 4.21. The highest BCUT2D eigenvalue weighted by molar-refractivity contribution is 14.1. The molecule has 0 bridgehead atoms. The van der Waals surface area contributed by atoms with Gasteiger partial charge in [-0.05, 0) is 60.6 Å². The number of hydrogen-bond donors (Lipinski definition) is 1. The van der Waals surface area contributed by atoms with Gasteiger partial charge in [-0.1, -0.05) is 6.07 Å². The van der Waals surface area contributed by atoms with Gasteiger partial charge >= 0.3 is 5.97 Å². The number of carbonyl (C=O) groups is 2. The summed E-state index contributed by atoms with van der Waals surface area (Å²) < 4.78 is 6.08. The third-order valence-corrected chi connectivity index (χ3v) is 3.31. The van der Waals surface area contributed by atoms with Crippen molar-refractivity contribution in [1.29, 1.82) is 0 Å². The molecule has 0 radical (unpaired) electrons. The van der Waals surface area contributed by atoms with Gasteiger partial charge in [-0.25, -0.2) is 4.79 Å². The fourth-order valence-corrected chi connectivity index (χ4v) is 1.99. The molecule has 1 N–H and O–H groups in total. The third kappa shape index (κ3) is 3.69. The van der Waals surface area contributed by atoms with Crippen LogP contribution in [0.3, 0.4) is 0 Å². The van der Waals surface area contributed by atoms with Gasteiger partial charge in [0.05, 0.1) is 5.56 Å². The molecule has 4 nitrogen and oxygen atoms in total. The van der Waals surface area contributed by atoms with Gasteiger partial charge in [-0.15, -0.1) is 0 Å². The van der Waals surface area contributed by atoms with Gasteiger partial charge in [0.1, 0.15) is 0 Å². The maximum atomic E-state index is 11.8. The minimum absolute atomic E-state index is 0.225. The highest BCUT2D eigenvalue weighted by Gasteiger charge is 2.27. The van der Waals surface area contributed by atoms with E-state index in [2.05, 4.69) is 27.9 Å². The standard InChI is InChI=1S/C13H14INO3/c1-8(12(16)15-11-5-6-11)18-13(17)9-3-2-4-10(14)7-9/h2-4,7-8,11H,5-6H2,1H3,(H,15,16). The fraction of sp³-hybridized carbons (Fsp3) is 0.385. The van der Waals surface area contributed by atoms with E-state index in [1.54, 1.807) is 25.1 Å². The second kappa shape index (κ2) is 5.69. The number of hydrogen-bond acceptors (Lipinski definition) is 3. The van der Waals surface area contributed by atoms with Crippen molar-refractivity contribution in [3.8, 4) is 0 Å². The van der Waals surface area contributed by atoms with Crippen molar-refractivity contribution >= 4 is 34.5 Å². The average Bonchev–Trinajstić information content (AvgIpc) is 3.12. The summed E-state index contributed by atoms with van der Waals surface area (Å²) in [5.74, 6) is -0.691. The van der Waals surface area contributed by atoms with Gasteiger partial charge in [-0.2, -0.15) is 0 Å². The molecule has 96 valence electrons. The van der Waals surface area contributed by atoms with E-state index in [-0.39, 0.29) is 11.9 Å². The monoisotopic (exact) mass is 359 g/mol. The molecule has 1 unspecified atom stereocenters. The van der Waals surface area contributed by atoms with Crippen molar-refractivity contribution in [3.63, 3.8) is 0 Å². The molecule has 1 aromatic carbocycles. The van der Waals surface area contributed by atoms with Crippen molar-refractivity contribution in [3.05, 3.63) is 33.4 Å². The van der Waals surface area contributed by atoms with Gasteiger partial charge in [0.2, 0.25) is 0 Å². The molecule has 1 saturated carbocycles. The van der Waals surface area contributed by atoms with E-state index in [9.17, 15) is 9.59 Å². The number of nitrogens with one attached hydrogen (secondary N) is 1. The summed E-state index contributed by atoms with van der Waals surface area (Å²) in [5.41, 5.74) is 0.466. The van der Waals surface area contributed by atoms with Crippen LogP contribution in [0.4, 0.5) is 0 Å². The highest BCUT2D eigenvalue weighted by atomic mass is 127. The minimum Gasteiger partial charge on any atom is -0.449 e. The van der Waals surface area contributed by atoms with Crippen LogP contribution >= 0.6 is 22.6 Å². The van der Waals surface area contributed by atoms with E-state index < -0.39 is 12.1 Å². The van der Waals surface area contributed by atoms with Crippen molar-refractivity contribution in [2.24, 2.45) is 0 Å². The smallest absolute Gasteiger partial charge is 0.338 e. The van der Waals surface area contributed by atoms with E-state index in [4.69, 9.17) is 4.74 Å². The summed E-state index contributed by atoms with van der Waals surface area (Å²) >= 11 is 2.12. The van der Waals surface area contributed by atoms with Gasteiger partial charge in [-0.3, -0.25) is 4.79 Å². The minimum atomic E-state index is -0.754. The Morgan fingerprint density at radius 1 is 1.44 bits per heavy atom. The van der Waals surface area contributed by atoms with E-state index in [1.165, 1.54) is 0 Å². The molecular weight excluding hydrogens is 345 g/mol. The predicted octanol–water partition coefficient (Wildman–Crippen LogP) is 2.12. The average molecular weight is 359 g/mol. The Balaban J connectivity index is 1.91. The zero-order valence-corrected chi connectivity index (χ0v) is 12.1. The van der Waals surface area contributed by atoms with Crippen LogP contribution in [0.15, 0.2) is 24.3 Å². The van der Waals surface area contributed by atoms with Crippen LogP contribution in [0, 0.1) is 3.57 Å². The maximum absolute atomic E-state index is 11.8. The fourth-order valence-electron chi connectivity index (χ4n) is 1.44. The lowest BCUT2D eigenvalue weighted by molar-refractivity contribution is -0.129. The molecule has 1 aromatic rings. The lowest BCUT2D eigenvalue weighted by atomic mass is 10.2.